The van der Waals surface area contributed by atoms with E-state index in [1.165, 1.54) is 25.7 Å². The minimum absolute atomic E-state index is 0.122. The Morgan fingerprint density at radius 1 is 1.18 bits per heavy atom. The minimum Gasteiger partial charge on any atom is -0.508 e. The molecule has 1 fully saturated rings. The van der Waals surface area contributed by atoms with Crippen LogP contribution < -0.4 is 0 Å². The van der Waals surface area contributed by atoms with Crippen LogP contribution >= 0.6 is 0 Å². The molecule has 0 aliphatic heterocycles. The molecule has 0 heterocycles. The van der Waals surface area contributed by atoms with E-state index in [1.54, 1.807) is 19.1 Å². The maximum atomic E-state index is 11.6. The number of phenols is 1. The molecule has 1 aromatic rings. The fourth-order valence-corrected chi connectivity index (χ4v) is 3.70. The smallest absolute Gasteiger partial charge is 0.160 e. The van der Waals surface area contributed by atoms with Crippen LogP contribution in [0, 0.1) is 5.41 Å². The fraction of sp³-hybridized carbons (Fsp3) is 0.533. The Morgan fingerprint density at radius 3 is 2.47 bits per heavy atom. The molecule has 0 atom stereocenters. The van der Waals surface area contributed by atoms with Gasteiger partial charge in [0.15, 0.2) is 5.78 Å². The molecular weight excluding hydrogens is 212 g/mol. The van der Waals surface area contributed by atoms with Crippen LogP contribution in [0.2, 0.25) is 0 Å². The highest BCUT2D eigenvalue weighted by Crippen LogP contribution is 2.51. The number of benzene rings is 1. The monoisotopic (exact) mass is 230 g/mol. The fourth-order valence-electron chi connectivity index (χ4n) is 3.70. The second kappa shape index (κ2) is 3.59. The third-order valence-corrected chi connectivity index (χ3v) is 4.55. The lowest BCUT2D eigenvalue weighted by atomic mass is 9.83. The topological polar surface area (TPSA) is 37.3 Å². The van der Waals surface area contributed by atoms with E-state index in [2.05, 4.69) is 0 Å². The first-order chi connectivity index (χ1) is 8.11. The van der Waals surface area contributed by atoms with E-state index in [0.717, 1.165) is 29.5 Å². The lowest BCUT2D eigenvalue weighted by Crippen LogP contribution is -2.16. The van der Waals surface area contributed by atoms with Gasteiger partial charge in [-0.15, -0.1) is 0 Å². The van der Waals surface area contributed by atoms with E-state index >= 15 is 0 Å². The maximum absolute atomic E-state index is 11.6. The Morgan fingerprint density at radius 2 is 1.82 bits per heavy atom. The van der Waals surface area contributed by atoms with Crippen molar-refractivity contribution in [1.29, 1.82) is 0 Å². The molecule has 2 aliphatic carbocycles. The molecular formula is C15H18O2. The van der Waals surface area contributed by atoms with Crippen LogP contribution in [0.5, 0.6) is 5.75 Å². The van der Waals surface area contributed by atoms with Crippen molar-refractivity contribution in [2.75, 3.05) is 0 Å². The average Bonchev–Trinajstić information content (AvgIpc) is 2.87. The summed E-state index contributed by atoms with van der Waals surface area (Å²) in [5.74, 6) is 0.505. The molecule has 3 rings (SSSR count). The van der Waals surface area contributed by atoms with Crippen LogP contribution in [0.1, 0.15) is 54.1 Å². The molecule has 2 nitrogen and oxygen atoms in total. The molecule has 0 radical (unpaired) electrons. The zero-order valence-corrected chi connectivity index (χ0v) is 10.3. The van der Waals surface area contributed by atoms with Crippen molar-refractivity contribution < 1.29 is 9.90 Å². The third-order valence-electron chi connectivity index (χ3n) is 4.55. The number of fused-ring (bicyclic) bond motifs is 1. The summed E-state index contributed by atoms with van der Waals surface area (Å²) in [7, 11) is 0. The molecule has 2 aliphatic rings. The van der Waals surface area contributed by atoms with Gasteiger partial charge in [-0.3, -0.25) is 4.79 Å². The van der Waals surface area contributed by atoms with E-state index in [4.69, 9.17) is 0 Å². The van der Waals surface area contributed by atoms with Crippen molar-refractivity contribution in [1.82, 2.24) is 0 Å². The van der Waals surface area contributed by atoms with Crippen LogP contribution in [-0.2, 0) is 12.8 Å². The van der Waals surface area contributed by atoms with E-state index in [-0.39, 0.29) is 5.78 Å². The van der Waals surface area contributed by atoms with Gasteiger partial charge < -0.3 is 5.11 Å². The SMILES string of the molecule is CC(=O)c1ccc(O)c2c1CC1(CCCC1)C2. The normalized spacial score (nSPS) is 20.8. The van der Waals surface area contributed by atoms with Gasteiger partial charge in [0.1, 0.15) is 5.75 Å². The van der Waals surface area contributed by atoms with Crippen molar-refractivity contribution >= 4 is 5.78 Å². The van der Waals surface area contributed by atoms with Crippen LogP contribution in [0.4, 0.5) is 0 Å². The molecule has 0 amide bonds. The molecule has 2 heteroatoms. The summed E-state index contributed by atoms with van der Waals surface area (Å²) >= 11 is 0. The molecule has 1 aromatic carbocycles. The highest BCUT2D eigenvalue weighted by Gasteiger charge is 2.41. The lowest BCUT2D eigenvalue weighted by molar-refractivity contribution is 0.101. The predicted molar refractivity (Wildman–Crippen MR) is 66.4 cm³/mol. The molecule has 0 saturated heterocycles. The van der Waals surface area contributed by atoms with Gasteiger partial charge in [-0.1, -0.05) is 12.8 Å². The molecule has 90 valence electrons. The van der Waals surface area contributed by atoms with Crippen LogP contribution in [-0.4, -0.2) is 10.9 Å². The van der Waals surface area contributed by atoms with Crippen molar-refractivity contribution in [2.45, 2.75) is 45.4 Å². The van der Waals surface area contributed by atoms with Crippen LogP contribution in [0.3, 0.4) is 0 Å². The molecule has 0 bridgehead atoms. The number of carbonyl (C=O) groups excluding carboxylic acids is 1. The number of hydrogen-bond donors (Lipinski definition) is 1. The van der Waals surface area contributed by atoms with Gasteiger partial charge in [0, 0.05) is 5.56 Å². The first-order valence-electron chi connectivity index (χ1n) is 6.46. The molecule has 0 unspecified atom stereocenters. The third kappa shape index (κ3) is 1.58. The van der Waals surface area contributed by atoms with E-state index in [9.17, 15) is 9.90 Å². The second-order valence-corrected chi connectivity index (χ2v) is 5.71. The molecule has 17 heavy (non-hydrogen) atoms. The maximum Gasteiger partial charge on any atom is 0.160 e. The average molecular weight is 230 g/mol. The summed E-state index contributed by atoms with van der Waals surface area (Å²) in [5, 5.41) is 9.97. The van der Waals surface area contributed by atoms with Crippen molar-refractivity contribution in [3.05, 3.63) is 28.8 Å². The van der Waals surface area contributed by atoms with Crippen molar-refractivity contribution in [3.63, 3.8) is 0 Å². The zero-order chi connectivity index (χ0) is 12.0. The minimum atomic E-state index is 0.122. The number of ketones is 1. The Labute approximate surface area is 102 Å². The lowest BCUT2D eigenvalue weighted by Gasteiger charge is -2.21. The van der Waals surface area contributed by atoms with Gasteiger partial charge in [-0.25, -0.2) is 0 Å². The van der Waals surface area contributed by atoms with E-state index < -0.39 is 0 Å². The number of aromatic hydroxyl groups is 1. The summed E-state index contributed by atoms with van der Waals surface area (Å²) in [6.07, 6.45) is 7.05. The van der Waals surface area contributed by atoms with E-state index in [1.807, 2.05) is 0 Å². The largest absolute Gasteiger partial charge is 0.508 e. The zero-order valence-electron chi connectivity index (χ0n) is 10.3. The number of carbonyl (C=O) groups is 1. The summed E-state index contributed by atoms with van der Waals surface area (Å²) < 4.78 is 0. The van der Waals surface area contributed by atoms with E-state index in [0.29, 0.717) is 11.2 Å². The van der Waals surface area contributed by atoms with Crippen molar-refractivity contribution in [2.24, 2.45) is 5.41 Å². The Bertz CT molecular complexity index is 482. The van der Waals surface area contributed by atoms with Gasteiger partial charge in [0.2, 0.25) is 0 Å². The number of Topliss-reactive ketones (excluding diaryl/α,β-unsaturated/α-hetero) is 1. The Kier molecular flexibility index (Phi) is 2.29. The van der Waals surface area contributed by atoms with Crippen molar-refractivity contribution in [3.8, 4) is 5.75 Å². The first-order valence-corrected chi connectivity index (χ1v) is 6.46. The van der Waals surface area contributed by atoms with Gasteiger partial charge in [0.25, 0.3) is 0 Å². The van der Waals surface area contributed by atoms with Gasteiger partial charge >= 0.3 is 0 Å². The quantitative estimate of drug-likeness (QED) is 0.752. The molecule has 1 N–H and O–H groups in total. The van der Waals surface area contributed by atoms with Gasteiger partial charge in [-0.2, -0.15) is 0 Å². The van der Waals surface area contributed by atoms with Gasteiger partial charge in [0.05, 0.1) is 0 Å². The Balaban J connectivity index is 2.08. The summed E-state index contributed by atoms with van der Waals surface area (Å²) in [6, 6.07) is 3.47. The number of rotatable bonds is 1. The summed E-state index contributed by atoms with van der Waals surface area (Å²) in [4.78, 5) is 11.6. The van der Waals surface area contributed by atoms with Gasteiger partial charge in [-0.05, 0) is 61.3 Å². The second-order valence-electron chi connectivity index (χ2n) is 5.71. The summed E-state index contributed by atoms with van der Waals surface area (Å²) in [6.45, 7) is 1.62. The predicted octanol–water partition coefficient (Wildman–Crippen LogP) is 3.25. The first kappa shape index (κ1) is 10.8. The molecule has 0 aromatic heterocycles. The standard InChI is InChI=1S/C15H18O2/c1-10(16)11-4-5-14(17)13-9-15(8-12(11)13)6-2-3-7-15/h4-5,17H,2-3,6-9H2,1H3. The number of hydrogen-bond acceptors (Lipinski definition) is 2. The molecule has 1 spiro atoms. The molecule has 1 saturated carbocycles. The van der Waals surface area contributed by atoms with Crippen LogP contribution in [0.15, 0.2) is 12.1 Å². The number of phenolic OH excluding ortho intramolecular Hbond substituents is 1. The summed E-state index contributed by atoms with van der Waals surface area (Å²) in [5.41, 5.74) is 3.34. The van der Waals surface area contributed by atoms with Crippen LogP contribution in [0.25, 0.3) is 0 Å². The highest BCUT2D eigenvalue weighted by atomic mass is 16.3. The highest BCUT2D eigenvalue weighted by molar-refractivity contribution is 5.96. The Hall–Kier alpha value is -1.31.